The van der Waals surface area contributed by atoms with Gasteiger partial charge in [0.2, 0.25) is 0 Å². The van der Waals surface area contributed by atoms with Crippen molar-refractivity contribution in [2.45, 2.75) is 37.7 Å². The van der Waals surface area contributed by atoms with Gasteiger partial charge in [0, 0.05) is 6.54 Å². The maximum Gasteiger partial charge on any atom is 0.451 e. The number of nitrogens with two attached hydrogens (primary N) is 2. The molecule has 0 amide bonds. The number of carbonyl (C=O) groups is 1. The molecule has 6 nitrogen and oxygen atoms in total. The first-order valence-corrected chi connectivity index (χ1v) is 7.10. The van der Waals surface area contributed by atoms with E-state index in [1.807, 2.05) is 12.1 Å². The Kier molecular flexibility index (Phi) is 4.68. The van der Waals surface area contributed by atoms with Crippen LogP contribution in [0.5, 0.6) is 0 Å². The van der Waals surface area contributed by atoms with Crippen LogP contribution in [0.15, 0.2) is 18.2 Å². The summed E-state index contributed by atoms with van der Waals surface area (Å²) in [4.78, 5) is 11.7. The third-order valence-corrected chi connectivity index (χ3v) is 4.33. The molecule has 2 rings (SSSR count). The standard InChI is InChI=1S/C14H21BN2O4/c16-8-9-3-4-12-10(6-9)7-11(2-1-5-15(20)21)14(12,17)13(18)19/h3-4,6,11,20-21H,1-2,5,7-8,16-17H2,(H,18,19). The smallest absolute Gasteiger partial charge is 0.451 e. The number of benzene rings is 1. The van der Waals surface area contributed by atoms with E-state index in [2.05, 4.69) is 0 Å². The first kappa shape index (κ1) is 16.0. The Labute approximate surface area is 123 Å². The quantitative estimate of drug-likeness (QED) is 0.462. The van der Waals surface area contributed by atoms with Crippen LogP contribution in [-0.4, -0.2) is 28.2 Å². The third kappa shape index (κ3) is 2.96. The zero-order valence-electron chi connectivity index (χ0n) is 11.8. The fourth-order valence-corrected chi connectivity index (χ4v) is 3.16. The van der Waals surface area contributed by atoms with E-state index in [-0.39, 0.29) is 12.2 Å². The van der Waals surface area contributed by atoms with Gasteiger partial charge < -0.3 is 26.6 Å². The summed E-state index contributed by atoms with van der Waals surface area (Å²) in [6.45, 7) is 0.402. The van der Waals surface area contributed by atoms with Crippen molar-refractivity contribution in [1.29, 1.82) is 0 Å². The Bertz CT molecular complexity index is 538. The van der Waals surface area contributed by atoms with Crippen LogP contribution in [0, 0.1) is 5.92 Å². The van der Waals surface area contributed by atoms with Crippen LogP contribution in [0.1, 0.15) is 29.5 Å². The molecule has 0 saturated heterocycles. The monoisotopic (exact) mass is 292 g/mol. The van der Waals surface area contributed by atoms with Crippen molar-refractivity contribution >= 4 is 13.1 Å². The number of carboxylic acids is 1. The number of hydrogen-bond donors (Lipinski definition) is 5. The lowest BCUT2D eigenvalue weighted by molar-refractivity contribution is -0.145. The number of carboxylic acid groups (broad SMARTS) is 1. The van der Waals surface area contributed by atoms with E-state index in [0.29, 0.717) is 31.4 Å². The summed E-state index contributed by atoms with van der Waals surface area (Å²) in [5.74, 6) is -1.30. The second kappa shape index (κ2) is 6.15. The second-order valence-electron chi connectivity index (χ2n) is 5.68. The van der Waals surface area contributed by atoms with Gasteiger partial charge in [0.05, 0.1) is 0 Å². The molecule has 2 atom stereocenters. The molecule has 1 aromatic rings. The van der Waals surface area contributed by atoms with E-state index in [1.54, 1.807) is 6.07 Å². The molecular formula is C14H21BN2O4. The van der Waals surface area contributed by atoms with Crippen molar-refractivity contribution in [3.63, 3.8) is 0 Å². The Morgan fingerprint density at radius 1 is 1.43 bits per heavy atom. The third-order valence-electron chi connectivity index (χ3n) is 4.33. The van der Waals surface area contributed by atoms with Gasteiger partial charge in [-0.2, -0.15) is 0 Å². The molecular weight excluding hydrogens is 271 g/mol. The zero-order chi connectivity index (χ0) is 15.6. The summed E-state index contributed by atoms with van der Waals surface area (Å²) in [5, 5.41) is 27.4. The van der Waals surface area contributed by atoms with Crippen molar-refractivity contribution in [3.05, 3.63) is 34.9 Å². The lowest BCUT2D eigenvalue weighted by Crippen LogP contribution is -2.48. The van der Waals surface area contributed by atoms with Crippen LogP contribution in [-0.2, 0) is 23.3 Å². The predicted octanol–water partition coefficient (Wildman–Crippen LogP) is -0.191. The average Bonchev–Trinajstić information content (AvgIpc) is 2.72. The van der Waals surface area contributed by atoms with Crippen LogP contribution in [0.2, 0.25) is 6.32 Å². The molecule has 0 radical (unpaired) electrons. The summed E-state index contributed by atoms with van der Waals surface area (Å²) in [6.07, 6.45) is 1.85. The molecule has 0 fully saturated rings. The van der Waals surface area contributed by atoms with E-state index in [1.165, 1.54) is 0 Å². The van der Waals surface area contributed by atoms with Crippen molar-refractivity contribution in [3.8, 4) is 0 Å². The fourth-order valence-electron chi connectivity index (χ4n) is 3.16. The topological polar surface area (TPSA) is 130 Å². The minimum atomic E-state index is -1.41. The van der Waals surface area contributed by atoms with E-state index in [4.69, 9.17) is 21.5 Å². The van der Waals surface area contributed by atoms with Crippen LogP contribution in [0.3, 0.4) is 0 Å². The Hall–Kier alpha value is -1.41. The Morgan fingerprint density at radius 2 is 2.14 bits per heavy atom. The normalized spacial score (nSPS) is 23.9. The molecule has 114 valence electrons. The summed E-state index contributed by atoms with van der Waals surface area (Å²) in [6, 6.07) is 5.48. The van der Waals surface area contributed by atoms with Gasteiger partial charge in [0.1, 0.15) is 5.54 Å². The molecule has 0 heterocycles. The van der Waals surface area contributed by atoms with Crippen LogP contribution >= 0.6 is 0 Å². The first-order valence-electron chi connectivity index (χ1n) is 7.10. The molecule has 0 bridgehead atoms. The number of rotatable bonds is 6. The summed E-state index contributed by atoms with van der Waals surface area (Å²) < 4.78 is 0. The lowest BCUT2D eigenvalue weighted by atomic mass is 9.77. The molecule has 0 aliphatic heterocycles. The molecule has 21 heavy (non-hydrogen) atoms. The fraction of sp³-hybridized carbons (Fsp3) is 0.500. The SMILES string of the molecule is NCc1ccc2c(c1)CC(CCCB(O)O)C2(N)C(=O)O. The number of aliphatic carboxylic acids is 1. The zero-order valence-corrected chi connectivity index (χ0v) is 11.8. The highest BCUT2D eigenvalue weighted by Crippen LogP contribution is 2.42. The van der Waals surface area contributed by atoms with Crippen LogP contribution in [0.25, 0.3) is 0 Å². The predicted molar refractivity (Wildman–Crippen MR) is 79.3 cm³/mol. The van der Waals surface area contributed by atoms with Gasteiger partial charge in [-0.05, 0) is 41.8 Å². The van der Waals surface area contributed by atoms with Gasteiger partial charge in [-0.3, -0.25) is 0 Å². The van der Waals surface area contributed by atoms with Crippen molar-refractivity contribution in [2.24, 2.45) is 17.4 Å². The van der Waals surface area contributed by atoms with Crippen molar-refractivity contribution in [1.82, 2.24) is 0 Å². The molecule has 0 saturated carbocycles. The molecule has 1 aliphatic carbocycles. The average molecular weight is 292 g/mol. The van der Waals surface area contributed by atoms with Gasteiger partial charge in [-0.15, -0.1) is 0 Å². The van der Waals surface area contributed by atoms with E-state index in [0.717, 1.165) is 11.1 Å². The largest absolute Gasteiger partial charge is 0.480 e. The van der Waals surface area contributed by atoms with Gasteiger partial charge in [0.15, 0.2) is 0 Å². The van der Waals surface area contributed by atoms with Gasteiger partial charge in [0.25, 0.3) is 0 Å². The second-order valence-corrected chi connectivity index (χ2v) is 5.68. The van der Waals surface area contributed by atoms with Gasteiger partial charge >= 0.3 is 13.1 Å². The highest BCUT2D eigenvalue weighted by molar-refractivity contribution is 6.40. The summed E-state index contributed by atoms with van der Waals surface area (Å²) >= 11 is 0. The van der Waals surface area contributed by atoms with E-state index < -0.39 is 18.6 Å². The van der Waals surface area contributed by atoms with Crippen LogP contribution < -0.4 is 11.5 Å². The molecule has 7 heteroatoms. The minimum absolute atomic E-state index is 0.219. The molecule has 1 aromatic carbocycles. The maximum absolute atomic E-state index is 11.7. The molecule has 7 N–H and O–H groups in total. The Balaban J connectivity index is 2.26. The van der Waals surface area contributed by atoms with Crippen molar-refractivity contribution in [2.75, 3.05) is 0 Å². The summed E-state index contributed by atoms with van der Waals surface area (Å²) in [5.41, 5.74) is 12.9. The molecule has 0 aromatic heterocycles. The van der Waals surface area contributed by atoms with Crippen LogP contribution in [0.4, 0.5) is 0 Å². The lowest BCUT2D eigenvalue weighted by Gasteiger charge is -2.28. The van der Waals surface area contributed by atoms with E-state index >= 15 is 0 Å². The minimum Gasteiger partial charge on any atom is -0.480 e. The van der Waals surface area contributed by atoms with Gasteiger partial charge in [-0.1, -0.05) is 24.6 Å². The van der Waals surface area contributed by atoms with E-state index in [9.17, 15) is 9.90 Å². The molecule has 0 spiro atoms. The van der Waals surface area contributed by atoms with Crippen molar-refractivity contribution < 1.29 is 19.9 Å². The molecule has 1 aliphatic rings. The Morgan fingerprint density at radius 3 is 2.71 bits per heavy atom. The first-order chi connectivity index (χ1) is 9.89. The highest BCUT2D eigenvalue weighted by Gasteiger charge is 2.49. The number of fused-ring (bicyclic) bond motifs is 1. The molecule has 2 unspecified atom stereocenters. The highest BCUT2D eigenvalue weighted by atomic mass is 16.4. The maximum atomic E-state index is 11.7. The van der Waals surface area contributed by atoms with Gasteiger partial charge in [-0.25, -0.2) is 4.79 Å². The number of hydrogen-bond acceptors (Lipinski definition) is 5. The summed E-state index contributed by atoms with van der Waals surface area (Å²) in [7, 11) is -1.37.